The molecular formula is C42H15N14S14. The van der Waals surface area contributed by atoms with Gasteiger partial charge in [0.1, 0.15) is 145 Å². The van der Waals surface area contributed by atoms with Crippen molar-refractivity contribution in [3.63, 3.8) is 0 Å². The standard InChI is InChI=1S/C42H15N14S14/c1-2-58-30(43-1)18-4-60-32(45-18)20-6-62-34(47-20)22-8-64-36(49-22)24-10-66-38(51-24)26-12-68-40(53-26)28-14-70-42(55-28)29-15-69-41(56-29)27-13-67-39(54-27)25-11-65-37(52-25)23-9-63-35(50-23)21-7-61-33(48-21)19-5-59-31(46-19)17-3-57-16-44-17/h2-16H. The predicted molar refractivity (Wildman–Crippen MR) is 295 cm³/mol. The number of thiazole rings is 14. The molecule has 0 aliphatic heterocycles. The number of nitrogens with zero attached hydrogens (tertiary/aromatic N) is 14. The van der Waals surface area contributed by atoms with Crippen LogP contribution >= 0.6 is 159 Å². The van der Waals surface area contributed by atoms with Crippen molar-refractivity contribution in [2.75, 3.05) is 0 Å². The number of rotatable bonds is 13. The lowest BCUT2D eigenvalue weighted by Gasteiger charge is -1.91. The van der Waals surface area contributed by atoms with Gasteiger partial charge in [-0.25, -0.2) is 69.8 Å². The maximum Gasteiger partial charge on any atom is 0.143 e. The molecule has 70 heavy (non-hydrogen) atoms. The lowest BCUT2D eigenvalue weighted by molar-refractivity contribution is 1.28. The Morgan fingerprint density at radius 1 is 0.229 bits per heavy atom. The summed E-state index contributed by atoms with van der Waals surface area (Å²) in [4.78, 5) is 67.3. The van der Waals surface area contributed by atoms with Crippen molar-refractivity contribution in [1.29, 1.82) is 0 Å². The molecule has 14 heterocycles. The third-order valence-corrected chi connectivity index (χ3v) is 21.4. The third-order valence-electron chi connectivity index (χ3n) is 9.72. The molecule has 0 N–H and O–H groups in total. The van der Waals surface area contributed by atoms with Crippen LogP contribution in [0.3, 0.4) is 0 Å². The molecule has 0 fully saturated rings. The van der Waals surface area contributed by atoms with Gasteiger partial charge >= 0.3 is 0 Å². The molecule has 0 unspecified atom stereocenters. The lowest BCUT2D eigenvalue weighted by atomic mass is 10.4. The first-order chi connectivity index (χ1) is 34.6. The van der Waals surface area contributed by atoms with Crippen molar-refractivity contribution in [2.45, 2.75) is 0 Å². The molecule has 0 amide bonds. The highest BCUT2D eigenvalue weighted by Crippen LogP contribution is 2.41. The van der Waals surface area contributed by atoms with Gasteiger partial charge in [-0.05, 0) is 0 Å². The maximum atomic E-state index is 4.95. The summed E-state index contributed by atoms with van der Waals surface area (Å²) in [5.74, 6) is 0. The Labute approximate surface area is 449 Å². The van der Waals surface area contributed by atoms with Crippen LogP contribution in [0.2, 0.25) is 0 Å². The highest BCUT2D eigenvalue weighted by molar-refractivity contribution is 7.20. The Hall–Kier alpha value is -5.18. The predicted octanol–water partition coefficient (Wildman–Crippen LogP) is 15.5. The first-order valence-corrected chi connectivity index (χ1v) is 32.2. The molecule has 0 aliphatic carbocycles. The zero-order valence-corrected chi connectivity index (χ0v) is 45.6. The molecule has 0 atom stereocenters. The highest BCUT2D eigenvalue weighted by Gasteiger charge is 2.21. The van der Waals surface area contributed by atoms with Crippen LogP contribution in [0.15, 0.2) is 80.8 Å². The summed E-state index contributed by atoms with van der Waals surface area (Å²) in [5, 5.41) is 39.1. The van der Waals surface area contributed by atoms with Crippen molar-refractivity contribution in [1.82, 2.24) is 69.8 Å². The topological polar surface area (TPSA) is 180 Å². The van der Waals surface area contributed by atoms with Crippen LogP contribution in [0.25, 0.3) is 139 Å². The van der Waals surface area contributed by atoms with Crippen molar-refractivity contribution in [3.8, 4) is 139 Å². The lowest BCUT2D eigenvalue weighted by Crippen LogP contribution is -1.83. The van der Waals surface area contributed by atoms with E-state index in [1.165, 1.54) is 11.3 Å². The molecule has 14 aromatic rings. The van der Waals surface area contributed by atoms with Gasteiger partial charge in [0.2, 0.25) is 0 Å². The number of aromatic nitrogens is 14. The van der Waals surface area contributed by atoms with E-state index < -0.39 is 0 Å². The van der Waals surface area contributed by atoms with E-state index in [1.807, 2.05) is 80.8 Å². The molecular weight excluding hydrogens is 1150 g/mol. The van der Waals surface area contributed by atoms with Gasteiger partial charge in [0.15, 0.2) is 0 Å². The first-order valence-electron chi connectivity index (χ1n) is 19.8. The molecule has 1 radical (unpaired) electrons. The fraction of sp³-hybridized carbons (Fsp3) is 0. The molecule has 14 nitrogen and oxygen atoms in total. The second-order valence-electron chi connectivity index (χ2n) is 14.1. The summed E-state index contributed by atoms with van der Waals surface area (Å²) in [5.41, 5.74) is 12.6. The summed E-state index contributed by atoms with van der Waals surface area (Å²) in [6.45, 7) is 0. The smallest absolute Gasteiger partial charge is 0.143 e. The SMILES string of the molecule is [c]1csc(-c2csc(-c3csc(-c4csc(-c5csc(-c6csc(-c7csc(-c8csc(-c9csc(-c%10csc(-c%11csc(-c%12csc(-c%13csc(-c%14cscn%14)n%13)n%12)n%11)n%10)n9)n8)n7)n6)n5)n4)n3)n2)n1. The molecule has 0 bridgehead atoms. The van der Waals surface area contributed by atoms with E-state index in [0.717, 1.165) is 139 Å². The normalized spacial score (nSPS) is 11.7. The zero-order valence-electron chi connectivity index (χ0n) is 34.1. The van der Waals surface area contributed by atoms with Gasteiger partial charge in [0.05, 0.1) is 5.51 Å². The van der Waals surface area contributed by atoms with Crippen molar-refractivity contribution < 1.29 is 0 Å². The molecule has 0 aromatic carbocycles. The van der Waals surface area contributed by atoms with Crippen molar-refractivity contribution >= 4 is 159 Å². The van der Waals surface area contributed by atoms with Gasteiger partial charge in [-0.3, -0.25) is 0 Å². The minimum absolute atomic E-state index is 0.807. The minimum Gasteiger partial charge on any atom is -0.242 e. The molecule has 28 heteroatoms. The quantitative estimate of drug-likeness (QED) is 0.106. The van der Waals surface area contributed by atoms with Crippen LogP contribution in [0.4, 0.5) is 0 Å². The summed E-state index contributed by atoms with van der Waals surface area (Å²) >= 11 is 21.7. The molecule has 0 aliphatic rings. The first kappa shape index (κ1) is 43.6. The van der Waals surface area contributed by atoms with E-state index in [4.69, 9.17) is 59.8 Å². The molecule has 14 aromatic heterocycles. The molecule has 0 saturated carbocycles. The van der Waals surface area contributed by atoms with E-state index >= 15 is 0 Å². The Bertz CT molecular complexity index is 3820. The second-order valence-corrected chi connectivity index (χ2v) is 26.0. The van der Waals surface area contributed by atoms with Crippen LogP contribution in [-0.4, -0.2) is 69.8 Å². The van der Waals surface area contributed by atoms with Gasteiger partial charge in [-0.1, -0.05) is 0 Å². The Morgan fingerprint density at radius 3 is 0.629 bits per heavy atom. The van der Waals surface area contributed by atoms with Crippen molar-refractivity contribution in [2.24, 2.45) is 0 Å². The van der Waals surface area contributed by atoms with Crippen LogP contribution in [0.5, 0.6) is 0 Å². The fourth-order valence-electron chi connectivity index (χ4n) is 6.50. The van der Waals surface area contributed by atoms with Gasteiger partial charge in [0.25, 0.3) is 0 Å². The third kappa shape index (κ3) is 8.42. The van der Waals surface area contributed by atoms with Crippen molar-refractivity contribution in [3.05, 3.63) is 87.0 Å². The van der Waals surface area contributed by atoms with Gasteiger partial charge in [-0.15, -0.1) is 159 Å². The zero-order chi connectivity index (χ0) is 46.1. The largest absolute Gasteiger partial charge is 0.242 e. The maximum absolute atomic E-state index is 4.95. The minimum atomic E-state index is 0.807. The summed E-state index contributed by atoms with van der Waals surface area (Å²) in [6, 6.07) is 0. The van der Waals surface area contributed by atoms with E-state index in [2.05, 4.69) is 16.2 Å². The van der Waals surface area contributed by atoms with Crippen LogP contribution in [0, 0.1) is 6.20 Å². The fourth-order valence-corrected chi connectivity index (χ4v) is 17.7. The highest BCUT2D eigenvalue weighted by atomic mass is 32.1. The van der Waals surface area contributed by atoms with E-state index in [-0.39, 0.29) is 0 Å². The number of hydrogen-bond donors (Lipinski definition) is 0. The van der Waals surface area contributed by atoms with Crippen LogP contribution < -0.4 is 0 Å². The van der Waals surface area contributed by atoms with Crippen LogP contribution in [0.1, 0.15) is 0 Å². The number of hydrogen-bond acceptors (Lipinski definition) is 28. The van der Waals surface area contributed by atoms with E-state index in [1.54, 1.807) is 147 Å². The second kappa shape index (κ2) is 18.5. The average Bonchev–Trinajstić information content (AvgIpc) is 4.23. The summed E-state index contributed by atoms with van der Waals surface area (Å²) < 4.78 is 0. The molecule has 0 spiro atoms. The summed E-state index contributed by atoms with van der Waals surface area (Å²) in [6.07, 6.45) is 2.86. The summed E-state index contributed by atoms with van der Waals surface area (Å²) in [7, 11) is 0. The van der Waals surface area contributed by atoms with E-state index in [9.17, 15) is 0 Å². The van der Waals surface area contributed by atoms with E-state index in [0.29, 0.717) is 0 Å². The Morgan fingerprint density at radius 2 is 0.443 bits per heavy atom. The Kier molecular flexibility index (Phi) is 11.5. The average molecular weight is 1160 g/mol. The van der Waals surface area contributed by atoms with Gasteiger partial charge in [0, 0.05) is 75.3 Å². The molecule has 337 valence electrons. The van der Waals surface area contributed by atoms with Gasteiger partial charge < -0.3 is 0 Å². The molecule has 0 saturated heterocycles. The van der Waals surface area contributed by atoms with Crippen LogP contribution in [-0.2, 0) is 0 Å². The monoisotopic (exact) mass is 1160 g/mol. The Balaban J connectivity index is 0.619. The van der Waals surface area contributed by atoms with Gasteiger partial charge in [-0.2, -0.15) is 0 Å². The molecule has 14 rings (SSSR count).